The third kappa shape index (κ3) is 4.73. The van der Waals surface area contributed by atoms with Crippen LogP contribution in [0.15, 0.2) is 30.3 Å². The molecule has 3 rings (SSSR count). The third-order valence-electron chi connectivity index (χ3n) is 5.97. The first-order chi connectivity index (χ1) is 11.2. The van der Waals surface area contributed by atoms with Crippen molar-refractivity contribution >= 4 is 5.69 Å². The van der Waals surface area contributed by atoms with Gasteiger partial charge >= 0.3 is 0 Å². The molecule has 0 amide bonds. The molecular formula is C21H34N2. The minimum absolute atomic E-state index is 0.651. The summed E-state index contributed by atoms with van der Waals surface area (Å²) in [7, 11) is 0. The van der Waals surface area contributed by atoms with Crippen LogP contribution in [0.5, 0.6) is 0 Å². The lowest BCUT2D eigenvalue weighted by atomic mass is 9.84. The van der Waals surface area contributed by atoms with Crippen molar-refractivity contribution in [3.05, 3.63) is 30.3 Å². The highest BCUT2D eigenvalue weighted by Gasteiger charge is 2.29. The second kappa shape index (κ2) is 8.19. The molecule has 1 aromatic rings. The first-order valence-corrected chi connectivity index (χ1v) is 9.75. The maximum Gasteiger partial charge on any atom is 0.0366 e. The monoisotopic (exact) mass is 314 g/mol. The van der Waals surface area contributed by atoms with Gasteiger partial charge in [0.15, 0.2) is 0 Å². The highest BCUT2D eigenvalue weighted by Crippen LogP contribution is 2.28. The van der Waals surface area contributed by atoms with E-state index in [9.17, 15) is 0 Å². The average molecular weight is 315 g/mol. The van der Waals surface area contributed by atoms with Gasteiger partial charge in [0.1, 0.15) is 0 Å². The molecule has 0 radical (unpaired) electrons. The molecule has 1 N–H and O–H groups in total. The molecule has 23 heavy (non-hydrogen) atoms. The number of rotatable bonds is 5. The van der Waals surface area contributed by atoms with E-state index in [2.05, 4.69) is 54.4 Å². The Bertz CT molecular complexity index is 450. The van der Waals surface area contributed by atoms with Gasteiger partial charge in [0.05, 0.1) is 0 Å². The third-order valence-corrected chi connectivity index (χ3v) is 5.97. The number of benzene rings is 1. The van der Waals surface area contributed by atoms with Gasteiger partial charge in [-0.2, -0.15) is 0 Å². The topological polar surface area (TPSA) is 15.3 Å². The molecule has 2 fully saturated rings. The highest BCUT2D eigenvalue weighted by molar-refractivity contribution is 5.46. The van der Waals surface area contributed by atoms with Crippen molar-refractivity contribution in [1.29, 1.82) is 0 Å². The maximum atomic E-state index is 3.93. The van der Waals surface area contributed by atoms with E-state index in [4.69, 9.17) is 0 Å². The minimum atomic E-state index is 0.651. The summed E-state index contributed by atoms with van der Waals surface area (Å²) in [6.07, 6.45) is 8.57. The molecule has 2 atom stereocenters. The average Bonchev–Trinajstić information content (AvgIpc) is 2.61. The van der Waals surface area contributed by atoms with Crippen LogP contribution in [0, 0.1) is 17.8 Å². The van der Waals surface area contributed by atoms with Crippen molar-refractivity contribution in [2.24, 2.45) is 17.8 Å². The van der Waals surface area contributed by atoms with E-state index in [-0.39, 0.29) is 0 Å². The van der Waals surface area contributed by atoms with Crippen molar-refractivity contribution in [2.75, 3.05) is 24.5 Å². The Morgan fingerprint density at radius 2 is 1.78 bits per heavy atom. The van der Waals surface area contributed by atoms with Gasteiger partial charge < -0.3 is 10.2 Å². The molecule has 1 saturated carbocycles. The fourth-order valence-corrected chi connectivity index (χ4v) is 4.34. The van der Waals surface area contributed by atoms with Crippen LogP contribution in [0.3, 0.4) is 0 Å². The zero-order valence-corrected chi connectivity index (χ0v) is 15.0. The fourth-order valence-electron chi connectivity index (χ4n) is 4.34. The first kappa shape index (κ1) is 16.8. The second-order valence-corrected chi connectivity index (χ2v) is 8.09. The van der Waals surface area contributed by atoms with Gasteiger partial charge in [-0.3, -0.25) is 0 Å². The molecule has 128 valence electrons. The summed E-state index contributed by atoms with van der Waals surface area (Å²) in [5.41, 5.74) is 1.39. The van der Waals surface area contributed by atoms with Crippen LogP contribution >= 0.6 is 0 Å². The summed E-state index contributed by atoms with van der Waals surface area (Å²) in [5.74, 6) is 2.49. The SMILES string of the molecule is CC(C)C1CC(NCC2CCCCC2)CN(c2ccccc2)C1. The summed E-state index contributed by atoms with van der Waals surface area (Å²) in [4.78, 5) is 2.60. The predicted molar refractivity (Wildman–Crippen MR) is 100.0 cm³/mol. The summed E-state index contributed by atoms with van der Waals surface area (Å²) in [6.45, 7) is 8.38. The summed E-state index contributed by atoms with van der Waals surface area (Å²) < 4.78 is 0. The van der Waals surface area contributed by atoms with E-state index < -0.39 is 0 Å². The Hall–Kier alpha value is -1.02. The van der Waals surface area contributed by atoms with Crippen LogP contribution in [0.2, 0.25) is 0 Å². The zero-order valence-electron chi connectivity index (χ0n) is 15.0. The van der Waals surface area contributed by atoms with E-state index in [1.165, 1.54) is 63.8 Å². The standard InChI is InChI=1S/C21H34N2/c1-17(2)19-13-20(22-14-18-9-5-3-6-10-18)16-23(15-19)21-11-7-4-8-12-21/h4,7-8,11-12,17-20,22H,3,5-6,9-10,13-16H2,1-2H3. The van der Waals surface area contributed by atoms with Crippen LogP contribution in [0.1, 0.15) is 52.4 Å². The van der Waals surface area contributed by atoms with Crippen LogP contribution in [0.25, 0.3) is 0 Å². The summed E-state index contributed by atoms with van der Waals surface area (Å²) in [6, 6.07) is 11.6. The van der Waals surface area contributed by atoms with E-state index in [0.29, 0.717) is 6.04 Å². The lowest BCUT2D eigenvalue weighted by Gasteiger charge is -2.41. The lowest BCUT2D eigenvalue weighted by Crippen LogP contribution is -2.51. The van der Waals surface area contributed by atoms with Crippen molar-refractivity contribution in [2.45, 2.75) is 58.4 Å². The Labute approximate surface area is 142 Å². The van der Waals surface area contributed by atoms with Gasteiger partial charge in [-0.15, -0.1) is 0 Å². The molecule has 0 bridgehead atoms. The fraction of sp³-hybridized carbons (Fsp3) is 0.714. The zero-order chi connectivity index (χ0) is 16.1. The number of anilines is 1. The molecule has 1 heterocycles. The predicted octanol–water partition coefficient (Wildman–Crippen LogP) is 4.71. The number of para-hydroxylation sites is 1. The van der Waals surface area contributed by atoms with Crippen LogP contribution in [-0.2, 0) is 0 Å². The smallest absolute Gasteiger partial charge is 0.0366 e. The maximum absolute atomic E-state index is 3.93. The van der Waals surface area contributed by atoms with Gasteiger partial charge in [-0.25, -0.2) is 0 Å². The first-order valence-electron chi connectivity index (χ1n) is 9.75. The Kier molecular flexibility index (Phi) is 5.99. The largest absolute Gasteiger partial charge is 0.370 e. The number of piperidine rings is 1. The van der Waals surface area contributed by atoms with Gasteiger partial charge in [0, 0.05) is 24.8 Å². The Morgan fingerprint density at radius 3 is 2.48 bits per heavy atom. The molecule has 2 aliphatic rings. The van der Waals surface area contributed by atoms with Gasteiger partial charge in [-0.1, -0.05) is 51.3 Å². The quantitative estimate of drug-likeness (QED) is 0.847. The summed E-state index contributed by atoms with van der Waals surface area (Å²) >= 11 is 0. The number of hydrogen-bond donors (Lipinski definition) is 1. The van der Waals surface area contributed by atoms with Crippen molar-refractivity contribution < 1.29 is 0 Å². The van der Waals surface area contributed by atoms with E-state index in [1.807, 2.05) is 0 Å². The molecular weight excluding hydrogens is 280 g/mol. The normalized spacial score (nSPS) is 26.7. The van der Waals surface area contributed by atoms with Gasteiger partial charge in [-0.05, 0) is 55.7 Å². The van der Waals surface area contributed by atoms with Crippen molar-refractivity contribution in [3.8, 4) is 0 Å². The molecule has 2 heteroatoms. The summed E-state index contributed by atoms with van der Waals surface area (Å²) in [5, 5.41) is 3.93. The van der Waals surface area contributed by atoms with Gasteiger partial charge in [0.25, 0.3) is 0 Å². The molecule has 1 aliphatic carbocycles. The van der Waals surface area contributed by atoms with E-state index in [0.717, 1.165) is 17.8 Å². The number of nitrogens with zero attached hydrogens (tertiary/aromatic N) is 1. The molecule has 1 aliphatic heterocycles. The molecule has 2 nitrogen and oxygen atoms in total. The Morgan fingerprint density at radius 1 is 1.04 bits per heavy atom. The molecule has 2 unspecified atom stereocenters. The van der Waals surface area contributed by atoms with Crippen molar-refractivity contribution in [3.63, 3.8) is 0 Å². The molecule has 0 spiro atoms. The van der Waals surface area contributed by atoms with Crippen molar-refractivity contribution in [1.82, 2.24) is 5.32 Å². The second-order valence-electron chi connectivity index (χ2n) is 8.09. The number of nitrogens with one attached hydrogen (secondary N) is 1. The van der Waals surface area contributed by atoms with E-state index >= 15 is 0 Å². The number of hydrogen-bond acceptors (Lipinski definition) is 2. The minimum Gasteiger partial charge on any atom is -0.370 e. The lowest BCUT2D eigenvalue weighted by molar-refractivity contribution is 0.254. The molecule has 1 saturated heterocycles. The highest BCUT2D eigenvalue weighted by atomic mass is 15.2. The van der Waals surface area contributed by atoms with Crippen LogP contribution in [-0.4, -0.2) is 25.7 Å². The molecule has 0 aromatic heterocycles. The Balaban J connectivity index is 1.59. The van der Waals surface area contributed by atoms with Crippen LogP contribution in [0.4, 0.5) is 5.69 Å². The van der Waals surface area contributed by atoms with Crippen LogP contribution < -0.4 is 10.2 Å². The molecule has 1 aromatic carbocycles. The van der Waals surface area contributed by atoms with Gasteiger partial charge in [0.2, 0.25) is 0 Å². The van der Waals surface area contributed by atoms with E-state index in [1.54, 1.807) is 0 Å².